The number of phosphoric acid groups is 1. The molecule has 0 radical (unpaired) electrons. The summed E-state index contributed by atoms with van der Waals surface area (Å²) >= 11 is 0. The summed E-state index contributed by atoms with van der Waals surface area (Å²) in [6.45, 7) is -3.22. The van der Waals surface area contributed by atoms with Crippen LogP contribution < -0.4 is 0 Å². The van der Waals surface area contributed by atoms with Crippen LogP contribution >= 0.6 is 7.82 Å². The van der Waals surface area contributed by atoms with Gasteiger partial charge in [0.1, 0.15) is 12.6 Å². The molecule has 0 aromatic heterocycles. The van der Waals surface area contributed by atoms with Crippen molar-refractivity contribution in [1.29, 1.82) is 0 Å². The molecule has 15 nitrogen and oxygen atoms in total. The Kier molecular flexibility index (Phi) is 18.3. The van der Waals surface area contributed by atoms with Crippen molar-refractivity contribution < 1.29 is 57.8 Å². The number of carboxylic acid groups (broad SMARTS) is 3. The Morgan fingerprint density at radius 2 is 1.38 bits per heavy atom. The minimum atomic E-state index is -4.62. The summed E-state index contributed by atoms with van der Waals surface area (Å²) in [5, 5.41) is 28.0. The summed E-state index contributed by atoms with van der Waals surface area (Å²) in [6, 6.07) is 8.66. The second kappa shape index (κ2) is 20.8. The zero-order valence-electron chi connectivity index (χ0n) is 23.4. The molecule has 42 heavy (non-hydrogen) atoms. The fraction of sp³-hybridized carbons (Fsp3) is 0.577. The van der Waals surface area contributed by atoms with Crippen molar-refractivity contribution in [3.8, 4) is 0 Å². The van der Waals surface area contributed by atoms with E-state index >= 15 is 0 Å². The van der Waals surface area contributed by atoms with Crippen LogP contribution in [0.5, 0.6) is 0 Å². The predicted molar refractivity (Wildman–Crippen MR) is 149 cm³/mol. The Labute approximate surface area is 244 Å². The normalized spacial score (nSPS) is 13.6. The molecule has 2 unspecified atom stereocenters. The van der Waals surface area contributed by atoms with E-state index in [4.69, 9.17) is 9.05 Å². The number of phosphoric ester groups is 1. The molecule has 0 spiro atoms. The lowest BCUT2D eigenvalue weighted by Crippen LogP contribution is -2.52. The maximum Gasteiger partial charge on any atom is 0.472 e. The fourth-order valence-corrected chi connectivity index (χ4v) is 4.86. The first-order valence-electron chi connectivity index (χ1n) is 13.3. The van der Waals surface area contributed by atoms with Gasteiger partial charge >= 0.3 is 25.7 Å². The van der Waals surface area contributed by atoms with E-state index < -0.39 is 58.0 Å². The van der Waals surface area contributed by atoms with Crippen LogP contribution in [0.4, 0.5) is 0 Å². The van der Waals surface area contributed by atoms with E-state index in [-0.39, 0.29) is 39.3 Å². The number of benzene rings is 1. The molecule has 0 heterocycles. The van der Waals surface area contributed by atoms with Gasteiger partial charge in [-0.1, -0.05) is 36.8 Å². The lowest BCUT2D eigenvalue weighted by Gasteiger charge is -2.34. The Bertz CT molecular complexity index is 1000. The summed E-state index contributed by atoms with van der Waals surface area (Å²) in [6.07, 6.45) is 4.02. The van der Waals surface area contributed by atoms with Gasteiger partial charge in [0.15, 0.2) is 0 Å². The van der Waals surface area contributed by atoms with Gasteiger partial charge in [0.25, 0.3) is 0 Å². The van der Waals surface area contributed by atoms with Crippen molar-refractivity contribution in [3.05, 3.63) is 35.9 Å². The minimum Gasteiger partial charge on any atom is -0.480 e. The minimum absolute atomic E-state index is 0.00523. The SMILES string of the molecule is O=CCN(CC=O)CCN(CC(=O)O)CC(COP(=O)(O)OCCCCCc1ccccc1)N(CC(=O)O)CC(=O)O. The van der Waals surface area contributed by atoms with Crippen LogP contribution in [0.1, 0.15) is 24.8 Å². The average Bonchev–Trinajstić information content (AvgIpc) is 2.91. The van der Waals surface area contributed by atoms with Crippen molar-refractivity contribution >= 4 is 38.3 Å². The van der Waals surface area contributed by atoms with Crippen molar-refractivity contribution in [2.45, 2.75) is 31.7 Å². The van der Waals surface area contributed by atoms with Crippen LogP contribution in [0.3, 0.4) is 0 Å². The Balaban J connectivity index is 2.87. The van der Waals surface area contributed by atoms with Crippen molar-refractivity contribution in [2.75, 3.05) is 65.6 Å². The molecular formula is C26H40N3O12P. The lowest BCUT2D eigenvalue weighted by molar-refractivity contribution is -0.144. The van der Waals surface area contributed by atoms with E-state index in [0.29, 0.717) is 19.0 Å². The summed E-state index contributed by atoms with van der Waals surface area (Å²) < 4.78 is 22.7. The largest absolute Gasteiger partial charge is 0.480 e. The maximum atomic E-state index is 12.5. The Morgan fingerprint density at radius 3 is 1.93 bits per heavy atom. The number of carboxylic acids is 3. The molecule has 0 aliphatic carbocycles. The van der Waals surface area contributed by atoms with Crippen molar-refractivity contribution in [2.24, 2.45) is 0 Å². The highest BCUT2D eigenvalue weighted by Gasteiger charge is 2.30. The topological polar surface area (TPSA) is 212 Å². The van der Waals surface area contributed by atoms with Gasteiger partial charge in [-0.3, -0.25) is 38.1 Å². The van der Waals surface area contributed by atoms with Gasteiger partial charge in [-0.2, -0.15) is 0 Å². The molecule has 0 amide bonds. The molecule has 2 atom stereocenters. The Morgan fingerprint density at radius 1 is 0.810 bits per heavy atom. The van der Waals surface area contributed by atoms with Crippen molar-refractivity contribution in [3.63, 3.8) is 0 Å². The van der Waals surface area contributed by atoms with Crippen LogP contribution in [0.15, 0.2) is 30.3 Å². The molecule has 0 saturated carbocycles. The molecule has 0 aliphatic heterocycles. The van der Waals surface area contributed by atoms with Gasteiger partial charge < -0.3 is 29.8 Å². The number of carbonyl (C=O) groups is 5. The number of hydrogen-bond donors (Lipinski definition) is 4. The first kappa shape index (κ1) is 37.0. The van der Waals surface area contributed by atoms with Crippen LogP contribution in [0.2, 0.25) is 0 Å². The van der Waals surface area contributed by atoms with Crippen LogP contribution in [0, 0.1) is 0 Å². The standard InChI is InChI=1S/C26H40N3O12P/c30-14-12-27(13-15-31)10-11-28(18-24(32)33)17-23(29(19-25(34)35)20-26(36)37)21-41-42(38,39)40-16-6-2-5-9-22-7-3-1-4-8-22/h1,3-4,7-8,14-15,23H,2,5-6,9-13,16-21H2,(H,32,33)(H,34,35)(H,36,37)(H,38,39). The molecule has 0 saturated heterocycles. The van der Waals surface area contributed by atoms with E-state index in [1.807, 2.05) is 30.3 Å². The third kappa shape index (κ3) is 17.7. The first-order valence-corrected chi connectivity index (χ1v) is 14.8. The lowest BCUT2D eigenvalue weighted by atomic mass is 10.1. The van der Waals surface area contributed by atoms with Crippen molar-refractivity contribution in [1.82, 2.24) is 14.7 Å². The second-order valence-corrected chi connectivity index (χ2v) is 10.9. The highest BCUT2D eigenvalue weighted by Crippen LogP contribution is 2.43. The number of nitrogens with zero attached hydrogens (tertiary/aromatic N) is 3. The van der Waals surface area contributed by atoms with Crippen LogP contribution in [-0.2, 0) is 44.0 Å². The van der Waals surface area contributed by atoms with Gasteiger partial charge in [-0.05, 0) is 24.8 Å². The quantitative estimate of drug-likeness (QED) is 0.0632. The van der Waals surface area contributed by atoms with E-state index in [2.05, 4.69) is 0 Å². The third-order valence-electron chi connectivity index (χ3n) is 6.06. The van der Waals surface area contributed by atoms with E-state index in [1.54, 1.807) is 0 Å². The Hall–Kier alpha value is -3.04. The molecular weight excluding hydrogens is 577 g/mol. The smallest absolute Gasteiger partial charge is 0.472 e. The monoisotopic (exact) mass is 617 g/mol. The predicted octanol–water partition coefficient (Wildman–Crippen LogP) is 0.459. The molecule has 1 rings (SSSR count). The molecule has 1 aromatic carbocycles. The molecule has 0 fully saturated rings. The molecule has 0 bridgehead atoms. The average molecular weight is 618 g/mol. The van der Waals surface area contributed by atoms with Gasteiger partial charge in [0.05, 0.1) is 45.9 Å². The molecule has 0 aliphatic rings. The maximum absolute atomic E-state index is 12.5. The summed E-state index contributed by atoms with van der Waals surface area (Å²) in [5.74, 6) is -4.01. The number of aldehydes is 2. The highest BCUT2D eigenvalue weighted by molar-refractivity contribution is 7.47. The van der Waals surface area contributed by atoms with Gasteiger partial charge in [0.2, 0.25) is 0 Å². The van der Waals surface area contributed by atoms with E-state index in [9.17, 15) is 48.8 Å². The van der Waals surface area contributed by atoms with Crippen LogP contribution in [0.25, 0.3) is 0 Å². The first-order chi connectivity index (χ1) is 20.0. The molecule has 4 N–H and O–H groups in total. The number of aryl methyl sites for hydroxylation is 1. The molecule has 16 heteroatoms. The number of aliphatic carboxylic acids is 3. The number of unbranched alkanes of at least 4 members (excludes halogenated alkanes) is 2. The summed E-state index contributed by atoms with van der Waals surface area (Å²) in [7, 11) is -4.62. The fourth-order valence-electron chi connectivity index (χ4n) is 4.06. The van der Waals surface area contributed by atoms with E-state index in [1.165, 1.54) is 15.4 Å². The molecule has 1 aromatic rings. The zero-order chi connectivity index (χ0) is 31.4. The summed E-state index contributed by atoms with van der Waals surface area (Å²) in [4.78, 5) is 70.1. The van der Waals surface area contributed by atoms with Gasteiger partial charge in [-0.25, -0.2) is 4.57 Å². The number of carbonyl (C=O) groups excluding carboxylic acids is 2. The molecule has 236 valence electrons. The third-order valence-corrected chi connectivity index (χ3v) is 7.04. The number of hydrogen-bond acceptors (Lipinski definition) is 11. The number of rotatable bonds is 26. The zero-order valence-corrected chi connectivity index (χ0v) is 24.3. The summed E-state index contributed by atoms with van der Waals surface area (Å²) in [5.41, 5.74) is 1.17. The second-order valence-electron chi connectivity index (χ2n) is 9.46. The van der Waals surface area contributed by atoms with Gasteiger partial charge in [0, 0.05) is 25.7 Å². The van der Waals surface area contributed by atoms with Gasteiger partial charge in [-0.15, -0.1) is 0 Å². The van der Waals surface area contributed by atoms with E-state index in [0.717, 1.165) is 24.2 Å². The van der Waals surface area contributed by atoms with Crippen LogP contribution in [-0.4, -0.2) is 137 Å². The highest BCUT2D eigenvalue weighted by atomic mass is 31.2.